The van der Waals surface area contributed by atoms with Gasteiger partial charge in [-0.3, -0.25) is 19.7 Å². The third-order valence-corrected chi connectivity index (χ3v) is 5.31. The van der Waals surface area contributed by atoms with Gasteiger partial charge in [-0.15, -0.1) is 0 Å². The molecule has 2 amide bonds. The van der Waals surface area contributed by atoms with Crippen molar-refractivity contribution in [3.05, 3.63) is 54.1 Å². The Morgan fingerprint density at radius 2 is 1.62 bits per heavy atom. The number of Topliss-reactive ketones (excluding diaryl/α,β-unsaturated/α-hetero) is 1. The second-order valence-corrected chi connectivity index (χ2v) is 7.67. The van der Waals surface area contributed by atoms with Gasteiger partial charge in [0.05, 0.1) is 18.3 Å². The van der Waals surface area contributed by atoms with E-state index in [1.807, 2.05) is 62.4 Å². The molecule has 2 N–H and O–H groups in total. The Hall–Kier alpha value is -2.99. The highest BCUT2D eigenvalue weighted by Crippen LogP contribution is 2.39. The lowest BCUT2D eigenvalue weighted by molar-refractivity contribution is -0.129. The van der Waals surface area contributed by atoms with E-state index in [1.165, 1.54) is 0 Å². The molecule has 0 saturated carbocycles. The molecule has 3 rings (SSSR count). The molecule has 0 aromatic heterocycles. The van der Waals surface area contributed by atoms with Gasteiger partial charge >= 0.3 is 0 Å². The predicted molar refractivity (Wildman–Crippen MR) is 113 cm³/mol. The minimum absolute atomic E-state index is 0.0377. The number of amides is 2. The first-order chi connectivity index (χ1) is 13.8. The fourth-order valence-corrected chi connectivity index (χ4v) is 3.39. The topological polar surface area (TPSA) is 78.5 Å². The Balaban J connectivity index is 1.87. The quantitative estimate of drug-likeness (QED) is 0.791. The first-order valence-electron chi connectivity index (χ1n) is 9.83. The summed E-state index contributed by atoms with van der Waals surface area (Å²) in [5.41, 5.74) is 3.43. The van der Waals surface area contributed by atoms with Gasteiger partial charge in [0.25, 0.3) is 5.91 Å². The van der Waals surface area contributed by atoms with Crippen LogP contribution >= 0.6 is 0 Å². The first-order valence-corrected chi connectivity index (χ1v) is 9.83. The molecular formula is C23H27N3O3. The van der Waals surface area contributed by atoms with E-state index in [9.17, 15) is 14.4 Å². The van der Waals surface area contributed by atoms with Gasteiger partial charge in [-0.2, -0.15) is 0 Å². The van der Waals surface area contributed by atoms with Gasteiger partial charge in [0, 0.05) is 18.5 Å². The molecule has 2 atom stereocenters. The van der Waals surface area contributed by atoms with Crippen LogP contribution in [0.4, 0.5) is 5.69 Å². The van der Waals surface area contributed by atoms with Crippen LogP contribution in [0.5, 0.6) is 0 Å². The van der Waals surface area contributed by atoms with Gasteiger partial charge in [0.2, 0.25) is 5.91 Å². The fraction of sp³-hybridized carbons (Fsp3) is 0.348. The normalized spacial score (nSPS) is 16.7. The van der Waals surface area contributed by atoms with Crippen molar-refractivity contribution in [3.63, 3.8) is 0 Å². The molecule has 0 fully saturated rings. The largest absolute Gasteiger partial charge is 0.339 e. The summed E-state index contributed by atoms with van der Waals surface area (Å²) in [6, 6.07) is 13.9. The van der Waals surface area contributed by atoms with E-state index in [1.54, 1.807) is 18.9 Å². The van der Waals surface area contributed by atoms with Crippen molar-refractivity contribution >= 4 is 23.3 Å². The number of nitrogens with zero attached hydrogens (tertiary/aromatic N) is 1. The lowest BCUT2D eigenvalue weighted by Crippen LogP contribution is -2.48. The van der Waals surface area contributed by atoms with Crippen LogP contribution in [0.25, 0.3) is 11.1 Å². The van der Waals surface area contributed by atoms with E-state index in [4.69, 9.17) is 0 Å². The van der Waals surface area contributed by atoms with Crippen molar-refractivity contribution < 1.29 is 14.4 Å². The van der Waals surface area contributed by atoms with Gasteiger partial charge < -0.3 is 10.2 Å². The van der Waals surface area contributed by atoms with Crippen molar-refractivity contribution in [1.29, 1.82) is 0 Å². The number of ketones is 1. The minimum Gasteiger partial charge on any atom is -0.339 e. The van der Waals surface area contributed by atoms with Crippen molar-refractivity contribution in [1.82, 2.24) is 10.6 Å². The van der Waals surface area contributed by atoms with Crippen LogP contribution in [0.15, 0.2) is 48.5 Å². The number of rotatable bonds is 6. The summed E-state index contributed by atoms with van der Waals surface area (Å²) in [6.07, 6.45) is 0. The number of likely N-dealkylation sites (N-methyl/N-ethyl adjacent to an activating group) is 1. The zero-order chi connectivity index (χ0) is 21.1. The number of nitrogens with one attached hydrogen (secondary N) is 2. The molecule has 0 saturated heterocycles. The summed E-state index contributed by atoms with van der Waals surface area (Å²) in [4.78, 5) is 39.4. The number of hydrogen-bond acceptors (Lipinski definition) is 4. The number of anilines is 1. The number of para-hydroxylation sites is 1. The van der Waals surface area contributed by atoms with Gasteiger partial charge in [-0.05, 0) is 24.1 Å². The van der Waals surface area contributed by atoms with Crippen LogP contribution < -0.4 is 15.5 Å². The molecule has 2 aromatic carbocycles. The monoisotopic (exact) mass is 393 g/mol. The van der Waals surface area contributed by atoms with E-state index >= 15 is 0 Å². The summed E-state index contributed by atoms with van der Waals surface area (Å²) in [5, 5.41) is 5.83. The lowest BCUT2D eigenvalue weighted by Gasteiger charge is -2.24. The molecule has 1 aliphatic heterocycles. The third-order valence-electron chi connectivity index (χ3n) is 5.31. The minimum atomic E-state index is -0.804. The number of hydrogen-bond donors (Lipinski definition) is 2. The van der Waals surface area contributed by atoms with Crippen molar-refractivity contribution in [2.24, 2.45) is 5.92 Å². The third kappa shape index (κ3) is 4.22. The predicted octanol–water partition coefficient (Wildman–Crippen LogP) is 2.69. The molecule has 2 unspecified atom stereocenters. The summed E-state index contributed by atoms with van der Waals surface area (Å²) in [7, 11) is 1.72. The summed E-state index contributed by atoms with van der Waals surface area (Å²) >= 11 is 0. The first kappa shape index (κ1) is 20.7. The molecule has 1 heterocycles. The van der Waals surface area contributed by atoms with E-state index in [0.29, 0.717) is 0 Å². The molecule has 0 bridgehead atoms. The van der Waals surface area contributed by atoms with Crippen LogP contribution in [0, 0.1) is 5.92 Å². The average molecular weight is 393 g/mol. The molecule has 6 nitrogen and oxygen atoms in total. The SMILES string of the molecule is CC(C)C(=O)CNC(C)C(=O)NC1C(=O)N(C)c2ccccc2-c2ccccc21. The van der Waals surface area contributed by atoms with Crippen molar-refractivity contribution in [2.75, 3.05) is 18.5 Å². The molecule has 1 aliphatic rings. The number of carbonyl (C=O) groups is 3. The Morgan fingerprint density at radius 1 is 1.00 bits per heavy atom. The van der Waals surface area contributed by atoms with Gasteiger partial charge in [0.15, 0.2) is 0 Å². The summed E-state index contributed by atoms with van der Waals surface area (Å²) < 4.78 is 0. The van der Waals surface area contributed by atoms with Gasteiger partial charge in [-0.25, -0.2) is 0 Å². The highest BCUT2D eigenvalue weighted by molar-refractivity contribution is 6.06. The van der Waals surface area contributed by atoms with Gasteiger partial charge in [0.1, 0.15) is 11.8 Å². The second kappa shape index (κ2) is 8.57. The Bertz CT molecular complexity index is 938. The van der Waals surface area contributed by atoms with Crippen LogP contribution in [0.2, 0.25) is 0 Å². The van der Waals surface area contributed by atoms with Crippen LogP contribution in [0.3, 0.4) is 0 Å². The van der Waals surface area contributed by atoms with Crippen molar-refractivity contribution in [2.45, 2.75) is 32.9 Å². The maximum Gasteiger partial charge on any atom is 0.253 e. The zero-order valence-corrected chi connectivity index (χ0v) is 17.2. The maximum atomic E-state index is 13.2. The number of carbonyl (C=O) groups excluding carboxylic acids is 3. The van der Waals surface area contributed by atoms with Gasteiger partial charge in [-0.1, -0.05) is 56.3 Å². The highest BCUT2D eigenvalue weighted by atomic mass is 16.2. The molecule has 29 heavy (non-hydrogen) atoms. The second-order valence-electron chi connectivity index (χ2n) is 7.67. The highest BCUT2D eigenvalue weighted by Gasteiger charge is 2.33. The molecular weight excluding hydrogens is 366 g/mol. The van der Waals surface area contributed by atoms with E-state index in [0.717, 1.165) is 22.4 Å². The van der Waals surface area contributed by atoms with Crippen LogP contribution in [-0.4, -0.2) is 37.2 Å². The van der Waals surface area contributed by atoms with Crippen LogP contribution in [0.1, 0.15) is 32.4 Å². The number of fused-ring (bicyclic) bond motifs is 3. The maximum absolute atomic E-state index is 13.2. The molecule has 0 aliphatic carbocycles. The Kier molecular flexibility index (Phi) is 6.13. The standard InChI is InChI=1S/C23H27N3O3/c1-14(2)20(27)13-24-15(3)22(28)25-21-18-11-6-5-9-16(18)17-10-7-8-12-19(17)26(4)23(21)29/h5-12,14-15,21,24H,13H2,1-4H3,(H,25,28). The smallest absolute Gasteiger partial charge is 0.253 e. The Labute approximate surface area is 171 Å². The molecule has 6 heteroatoms. The van der Waals surface area contributed by atoms with E-state index in [-0.39, 0.29) is 30.1 Å². The van der Waals surface area contributed by atoms with E-state index in [2.05, 4.69) is 10.6 Å². The molecule has 2 aromatic rings. The molecule has 0 spiro atoms. The molecule has 0 radical (unpaired) electrons. The summed E-state index contributed by atoms with van der Waals surface area (Å²) in [5.74, 6) is -0.591. The van der Waals surface area contributed by atoms with Crippen molar-refractivity contribution in [3.8, 4) is 11.1 Å². The van der Waals surface area contributed by atoms with E-state index < -0.39 is 12.1 Å². The fourth-order valence-electron chi connectivity index (χ4n) is 3.39. The lowest BCUT2D eigenvalue weighted by atomic mass is 9.95. The Morgan fingerprint density at radius 3 is 2.31 bits per heavy atom. The average Bonchev–Trinajstić information content (AvgIpc) is 2.81. The zero-order valence-electron chi connectivity index (χ0n) is 17.2. The van der Waals surface area contributed by atoms with Crippen LogP contribution in [-0.2, 0) is 14.4 Å². The number of benzene rings is 2. The summed E-state index contributed by atoms with van der Waals surface area (Å²) in [6.45, 7) is 5.45. The molecule has 152 valence electrons.